The number of aromatic carboxylic acids is 1. The number of carbonyl (C=O) groups excluding carboxylic acids is 1. The van der Waals surface area contributed by atoms with Gasteiger partial charge in [-0.2, -0.15) is 10.2 Å². The molecule has 1 amide bonds. The maximum absolute atomic E-state index is 12.2. The van der Waals surface area contributed by atoms with Crippen LogP contribution < -0.4 is 10.6 Å². The summed E-state index contributed by atoms with van der Waals surface area (Å²) in [6, 6.07) is 3.13. The molecule has 26 heavy (non-hydrogen) atoms. The maximum Gasteiger partial charge on any atom is 0.410 e. The van der Waals surface area contributed by atoms with E-state index < -0.39 is 11.6 Å². The van der Waals surface area contributed by atoms with Crippen molar-refractivity contribution in [2.75, 3.05) is 43.9 Å². The molecule has 1 heterocycles. The minimum absolute atomic E-state index is 0.0106. The highest BCUT2D eigenvalue weighted by molar-refractivity contribution is 5.99. The number of nitrogen functional groups attached to an aromatic ring is 1. The summed E-state index contributed by atoms with van der Waals surface area (Å²) < 4.78 is 5.39. The molecule has 142 valence electrons. The van der Waals surface area contributed by atoms with E-state index in [2.05, 4.69) is 10.2 Å². The van der Waals surface area contributed by atoms with Crippen LogP contribution in [-0.4, -0.2) is 60.9 Å². The number of hydrogen-bond donors (Lipinski definition) is 2. The van der Waals surface area contributed by atoms with E-state index in [9.17, 15) is 14.7 Å². The fourth-order valence-corrected chi connectivity index (χ4v) is 2.70. The van der Waals surface area contributed by atoms with E-state index >= 15 is 0 Å². The number of carbonyl (C=O) groups is 2. The van der Waals surface area contributed by atoms with Crippen molar-refractivity contribution in [2.24, 2.45) is 10.2 Å². The zero-order valence-corrected chi connectivity index (χ0v) is 15.5. The first kappa shape index (κ1) is 19.5. The van der Waals surface area contributed by atoms with Crippen LogP contribution in [0.25, 0.3) is 0 Å². The zero-order chi connectivity index (χ0) is 19.5. The van der Waals surface area contributed by atoms with Gasteiger partial charge in [-0.05, 0) is 32.9 Å². The van der Waals surface area contributed by atoms with Crippen LogP contribution in [0.3, 0.4) is 0 Å². The Morgan fingerprint density at radius 3 is 2.31 bits per heavy atom. The highest BCUT2D eigenvalue weighted by Gasteiger charge is 2.27. The van der Waals surface area contributed by atoms with Gasteiger partial charge in [-0.25, -0.2) is 9.59 Å². The van der Waals surface area contributed by atoms with Gasteiger partial charge in [-0.15, -0.1) is 0 Å². The summed E-state index contributed by atoms with van der Waals surface area (Å²) in [4.78, 5) is 27.1. The van der Waals surface area contributed by atoms with Crippen LogP contribution in [0.1, 0.15) is 31.1 Å². The number of nitrogens with zero attached hydrogens (tertiary/aromatic N) is 4. The minimum atomic E-state index is -1.11. The molecule has 0 bridgehead atoms. The van der Waals surface area contributed by atoms with Crippen LogP contribution in [-0.2, 0) is 4.74 Å². The number of ether oxygens (including phenoxy) is 1. The van der Waals surface area contributed by atoms with Gasteiger partial charge in [0.15, 0.2) is 0 Å². The second kappa shape index (κ2) is 7.59. The van der Waals surface area contributed by atoms with Crippen LogP contribution in [0.5, 0.6) is 0 Å². The van der Waals surface area contributed by atoms with Gasteiger partial charge < -0.3 is 25.4 Å². The minimum Gasteiger partial charge on any atom is -0.478 e. The summed E-state index contributed by atoms with van der Waals surface area (Å²) in [6.07, 6.45) is -0.341. The molecule has 1 fully saturated rings. The molecule has 0 spiro atoms. The van der Waals surface area contributed by atoms with Crippen molar-refractivity contribution in [1.29, 1.82) is 0 Å². The fraction of sp³-hybridized carbons (Fsp3) is 0.529. The molecule has 0 radical (unpaired) electrons. The molecule has 1 saturated heterocycles. The van der Waals surface area contributed by atoms with Gasteiger partial charge in [0.2, 0.25) is 0 Å². The molecular weight excluding hydrogens is 338 g/mol. The molecular formula is C17H25N5O4. The summed E-state index contributed by atoms with van der Waals surface area (Å²) in [5, 5.41) is 17.0. The Hall–Kier alpha value is -2.84. The number of rotatable bonds is 3. The van der Waals surface area contributed by atoms with Crippen molar-refractivity contribution >= 4 is 29.1 Å². The smallest absolute Gasteiger partial charge is 0.410 e. The number of carboxylic acid groups (broad SMARTS) is 1. The van der Waals surface area contributed by atoms with Crippen LogP contribution in [0.15, 0.2) is 22.4 Å². The summed E-state index contributed by atoms with van der Waals surface area (Å²) in [7, 11) is 1.50. The molecule has 0 unspecified atom stereocenters. The quantitative estimate of drug-likeness (QED) is 0.629. The molecule has 2 rings (SSSR count). The standard InChI is InChI=1S/C17H25N5O4/c1-17(2,3)26-16(25)22-9-7-21(8-10-22)12-6-5-11(15(23)24)13(18)14(12)20-19-4/h5-6H,7-10,18H2,1-4H3,(H,23,24). The number of nitrogens with two attached hydrogens (primary N) is 1. The van der Waals surface area contributed by atoms with Crippen LogP contribution in [0, 0.1) is 0 Å². The first-order valence-electron chi connectivity index (χ1n) is 8.32. The average Bonchev–Trinajstić information content (AvgIpc) is 2.55. The Morgan fingerprint density at radius 2 is 1.81 bits per heavy atom. The number of benzene rings is 1. The van der Waals surface area contributed by atoms with Crippen molar-refractivity contribution in [3.63, 3.8) is 0 Å². The first-order valence-corrected chi connectivity index (χ1v) is 8.32. The van der Waals surface area contributed by atoms with Crippen molar-refractivity contribution in [3.05, 3.63) is 17.7 Å². The lowest BCUT2D eigenvalue weighted by Crippen LogP contribution is -2.50. The van der Waals surface area contributed by atoms with Gasteiger partial charge in [0, 0.05) is 33.2 Å². The van der Waals surface area contributed by atoms with Crippen molar-refractivity contribution in [3.8, 4) is 0 Å². The zero-order valence-electron chi connectivity index (χ0n) is 15.5. The first-order chi connectivity index (χ1) is 12.1. The third-order valence-electron chi connectivity index (χ3n) is 3.90. The van der Waals surface area contributed by atoms with Gasteiger partial charge in [0.25, 0.3) is 0 Å². The highest BCUT2D eigenvalue weighted by atomic mass is 16.6. The van der Waals surface area contributed by atoms with Crippen LogP contribution in [0.2, 0.25) is 0 Å². The number of piperazine rings is 1. The third kappa shape index (κ3) is 4.41. The number of anilines is 2. The Morgan fingerprint density at radius 1 is 1.19 bits per heavy atom. The molecule has 1 aromatic rings. The van der Waals surface area contributed by atoms with Gasteiger partial charge >= 0.3 is 12.1 Å². The Kier molecular flexibility index (Phi) is 5.69. The molecule has 1 aromatic carbocycles. The molecule has 0 aliphatic carbocycles. The second-order valence-corrected chi connectivity index (χ2v) is 6.95. The monoisotopic (exact) mass is 363 g/mol. The average molecular weight is 363 g/mol. The fourth-order valence-electron chi connectivity index (χ4n) is 2.70. The normalized spacial score (nSPS) is 15.4. The van der Waals surface area contributed by atoms with Crippen LogP contribution >= 0.6 is 0 Å². The topological polar surface area (TPSA) is 121 Å². The van der Waals surface area contributed by atoms with Crippen molar-refractivity contribution < 1.29 is 19.4 Å². The predicted molar refractivity (Wildman–Crippen MR) is 98.3 cm³/mol. The van der Waals surface area contributed by atoms with E-state index in [0.29, 0.717) is 37.6 Å². The molecule has 0 atom stereocenters. The number of amides is 1. The van der Waals surface area contributed by atoms with E-state index in [1.165, 1.54) is 13.1 Å². The summed E-state index contributed by atoms with van der Waals surface area (Å²) in [5.74, 6) is -1.11. The van der Waals surface area contributed by atoms with Crippen molar-refractivity contribution in [2.45, 2.75) is 26.4 Å². The number of azo groups is 1. The van der Waals surface area contributed by atoms with Gasteiger partial charge in [0.05, 0.1) is 16.9 Å². The van der Waals surface area contributed by atoms with Crippen LogP contribution in [0.4, 0.5) is 21.9 Å². The Balaban J connectivity index is 2.18. The Bertz CT molecular complexity index is 719. The molecule has 0 saturated carbocycles. The van der Waals surface area contributed by atoms with Gasteiger partial charge in [-0.1, -0.05) is 0 Å². The highest BCUT2D eigenvalue weighted by Crippen LogP contribution is 2.37. The molecule has 1 aliphatic rings. The lowest BCUT2D eigenvalue weighted by Gasteiger charge is -2.37. The SMILES string of the molecule is CN=Nc1c(N2CCN(C(=O)OC(C)(C)C)CC2)ccc(C(=O)O)c1N. The molecule has 9 heteroatoms. The van der Waals surface area contributed by atoms with E-state index in [0.717, 1.165) is 0 Å². The van der Waals surface area contributed by atoms with E-state index in [1.807, 2.05) is 25.7 Å². The summed E-state index contributed by atoms with van der Waals surface area (Å²) in [6.45, 7) is 7.56. The third-order valence-corrected chi connectivity index (χ3v) is 3.90. The second-order valence-electron chi connectivity index (χ2n) is 6.95. The van der Waals surface area contributed by atoms with Gasteiger partial charge in [-0.3, -0.25) is 0 Å². The van der Waals surface area contributed by atoms with E-state index in [1.54, 1.807) is 11.0 Å². The maximum atomic E-state index is 12.2. The largest absolute Gasteiger partial charge is 0.478 e. The summed E-state index contributed by atoms with van der Waals surface area (Å²) >= 11 is 0. The number of hydrogen-bond acceptors (Lipinski definition) is 7. The molecule has 3 N–H and O–H groups in total. The van der Waals surface area contributed by atoms with Gasteiger partial charge in [0.1, 0.15) is 11.3 Å². The Labute approximate surface area is 152 Å². The number of carboxylic acids is 1. The lowest BCUT2D eigenvalue weighted by atomic mass is 10.1. The molecule has 9 nitrogen and oxygen atoms in total. The predicted octanol–water partition coefficient (Wildman–Crippen LogP) is 2.74. The molecule has 0 aromatic heterocycles. The van der Waals surface area contributed by atoms with E-state index in [-0.39, 0.29) is 17.3 Å². The summed E-state index contributed by atoms with van der Waals surface area (Å²) in [5.41, 5.74) is 6.54. The molecule has 1 aliphatic heterocycles. The van der Waals surface area contributed by atoms with E-state index in [4.69, 9.17) is 10.5 Å². The van der Waals surface area contributed by atoms with Crippen molar-refractivity contribution in [1.82, 2.24) is 4.90 Å². The lowest BCUT2D eigenvalue weighted by molar-refractivity contribution is 0.0240.